The van der Waals surface area contributed by atoms with Gasteiger partial charge in [-0.3, -0.25) is 4.79 Å². The highest BCUT2D eigenvalue weighted by molar-refractivity contribution is 7.89. The molecule has 32 heavy (non-hydrogen) atoms. The first-order valence-electron chi connectivity index (χ1n) is 10.4. The molecular weight excluding hydrogens is 424 g/mol. The molecule has 0 aliphatic heterocycles. The second-order valence-corrected chi connectivity index (χ2v) is 9.23. The lowest BCUT2D eigenvalue weighted by Crippen LogP contribution is -2.48. The number of benzene rings is 3. The van der Waals surface area contributed by atoms with Gasteiger partial charge in [0.2, 0.25) is 15.9 Å². The van der Waals surface area contributed by atoms with E-state index < -0.39 is 16.1 Å². The first-order valence-corrected chi connectivity index (χ1v) is 11.9. The average Bonchev–Trinajstić information content (AvgIpc) is 2.80. The number of aryl methyl sites for hydroxylation is 1. The molecule has 7 heteroatoms. The van der Waals surface area contributed by atoms with Gasteiger partial charge in [0.25, 0.3) is 0 Å². The summed E-state index contributed by atoms with van der Waals surface area (Å²) >= 11 is 0. The van der Waals surface area contributed by atoms with E-state index in [0.29, 0.717) is 13.0 Å². The predicted molar refractivity (Wildman–Crippen MR) is 125 cm³/mol. The van der Waals surface area contributed by atoms with Crippen molar-refractivity contribution in [2.45, 2.75) is 30.7 Å². The second kappa shape index (κ2) is 10.9. The quantitative estimate of drug-likeness (QED) is 0.495. The van der Waals surface area contributed by atoms with E-state index in [1.807, 2.05) is 60.7 Å². The van der Waals surface area contributed by atoms with Crippen molar-refractivity contribution in [1.82, 2.24) is 10.0 Å². The number of carbonyl (C=O) groups is 1. The molecule has 0 spiro atoms. The molecule has 3 aromatic carbocycles. The lowest BCUT2D eigenvalue weighted by molar-refractivity contribution is -0.122. The van der Waals surface area contributed by atoms with Crippen LogP contribution >= 0.6 is 0 Å². The largest absolute Gasteiger partial charge is 0.495 e. The van der Waals surface area contributed by atoms with E-state index >= 15 is 0 Å². The monoisotopic (exact) mass is 452 g/mol. The van der Waals surface area contributed by atoms with E-state index in [2.05, 4.69) is 10.0 Å². The van der Waals surface area contributed by atoms with Crippen molar-refractivity contribution in [3.8, 4) is 5.75 Å². The molecule has 3 aromatic rings. The first kappa shape index (κ1) is 23.5. The lowest BCUT2D eigenvalue weighted by atomic mass is 10.1. The van der Waals surface area contributed by atoms with Crippen molar-refractivity contribution in [2.24, 2.45) is 0 Å². The molecule has 168 valence electrons. The van der Waals surface area contributed by atoms with Crippen molar-refractivity contribution in [2.75, 3.05) is 13.7 Å². The summed E-state index contributed by atoms with van der Waals surface area (Å²) in [6.45, 7) is 2.21. The zero-order valence-corrected chi connectivity index (χ0v) is 19.1. The summed E-state index contributed by atoms with van der Waals surface area (Å²) in [4.78, 5) is 13.0. The van der Waals surface area contributed by atoms with Crippen LogP contribution in [0.5, 0.6) is 5.75 Å². The molecule has 0 fully saturated rings. The van der Waals surface area contributed by atoms with Gasteiger partial charge in [-0.1, -0.05) is 66.7 Å². The Morgan fingerprint density at radius 1 is 0.938 bits per heavy atom. The van der Waals surface area contributed by atoms with Gasteiger partial charge < -0.3 is 10.1 Å². The number of methoxy groups -OCH3 is 1. The fourth-order valence-electron chi connectivity index (χ4n) is 3.38. The zero-order valence-electron chi connectivity index (χ0n) is 18.2. The van der Waals surface area contributed by atoms with E-state index in [4.69, 9.17) is 4.74 Å². The van der Waals surface area contributed by atoms with Gasteiger partial charge in [-0.15, -0.1) is 0 Å². The number of nitrogens with one attached hydrogen (secondary N) is 2. The van der Waals surface area contributed by atoms with Gasteiger partial charge in [0, 0.05) is 6.54 Å². The fraction of sp³-hybridized carbons (Fsp3) is 0.240. The van der Waals surface area contributed by atoms with Crippen molar-refractivity contribution >= 4 is 15.9 Å². The van der Waals surface area contributed by atoms with E-state index in [-0.39, 0.29) is 23.0 Å². The molecule has 0 aliphatic rings. The third-order valence-corrected chi connectivity index (χ3v) is 6.55. The summed E-state index contributed by atoms with van der Waals surface area (Å²) in [6.07, 6.45) is 0.883. The van der Waals surface area contributed by atoms with Crippen molar-refractivity contribution < 1.29 is 17.9 Å². The maximum Gasteiger partial charge on any atom is 0.244 e. The third-order valence-electron chi connectivity index (χ3n) is 5.06. The predicted octanol–water partition coefficient (Wildman–Crippen LogP) is 3.25. The van der Waals surface area contributed by atoms with Gasteiger partial charge in [0.15, 0.2) is 0 Å². The van der Waals surface area contributed by atoms with Crippen LogP contribution in [0.3, 0.4) is 0 Å². The highest BCUT2D eigenvalue weighted by Gasteiger charge is 2.28. The lowest BCUT2D eigenvalue weighted by Gasteiger charge is -2.20. The summed E-state index contributed by atoms with van der Waals surface area (Å²) < 4.78 is 34.2. The van der Waals surface area contributed by atoms with Crippen LogP contribution in [0.15, 0.2) is 83.8 Å². The van der Waals surface area contributed by atoms with E-state index in [1.54, 1.807) is 19.1 Å². The molecule has 1 amide bonds. The minimum absolute atomic E-state index is 0.00940. The number of rotatable bonds is 10. The van der Waals surface area contributed by atoms with Gasteiger partial charge in [-0.2, -0.15) is 4.72 Å². The highest BCUT2D eigenvalue weighted by Crippen LogP contribution is 2.25. The number of carbonyl (C=O) groups excluding carboxylic acids is 1. The molecule has 0 heterocycles. The van der Waals surface area contributed by atoms with Crippen LogP contribution in [0.2, 0.25) is 0 Å². The van der Waals surface area contributed by atoms with Crippen molar-refractivity contribution in [3.05, 3.63) is 95.6 Å². The molecule has 2 N–H and O–H groups in total. The summed E-state index contributed by atoms with van der Waals surface area (Å²) in [7, 11) is -2.58. The highest BCUT2D eigenvalue weighted by atomic mass is 32.2. The van der Waals surface area contributed by atoms with Gasteiger partial charge in [0.05, 0.1) is 7.11 Å². The Bertz CT molecular complexity index is 1130. The molecule has 0 aromatic heterocycles. The smallest absolute Gasteiger partial charge is 0.244 e. The standard InChI is InChI=1S/C25H28N2O4S/c1-19-13-14-23(31-2)24(17-19)32(29,30)27-22(18-21-11-7-4-8-12-21)25(28)26-16-15-20-9-5-3-6-10-20/h3-14,17,22,27H,15-16,18H2,1-2H3,(H,26,28)/t22-/m0/s1. The molecule has 0 saturated carbocycles. The number of sulfonamides is 1. The molecule has 3 rings (SSSR count). The molecule has 6 nitrogen and oxygen atoms in total. The van der Waals surface area contributed by atoms with Crippen LogP contribution in [0, 0.1) is 6.92 Å². The van der Waals surface area contributed by atoms with E-state index in [1.165, 1.54) is 13.2 Å². The minimum Gasteiger partial charge on any atom is -0.495 e. The zero-order chi connectivity index (χ0) is 23.0. The molecule has 1 atom stereocenters. The number of hydrogen-bond donors (Lipinski definition) is 2. The number of amides is 1. The Labute approximate surface area is 189 Å². The SMILES string of the molecule is COc1ccc(C)cc1S(=O)(=O)N[C@@H](Cc1ccccc1)C(=O)NCCc1ccccc1. The topological polar surface area (TPSA) is 84.5 Å². The van der Waals surface area contributed by atoms with Crippen LogP contribution in [0.1, 0.15) is 16.7 Å². The van der Waals surface area contributed by atoms with Crippen LogP contribution in [0.4, 0.5) is 0 Å². The van der Waals surface area contributed by atoms with Gasteiger partial charge >= 0.3 is 0 Å². The fourth-order valence-corrected chi connectivity index (χ4v) is 4.83. The summed E-state index contributed by atoms with van der Waals surface area (Å²) in [5.74, 6) is -0.147. The Kier molecular flexibility index (Phi) is 8.03. The second-order valence-electron chi connectivity index (χ2n) is 7.54. The number of ether oxygens (including phenoxy) is 1. The Balaban J connectivity index is 1.79. The van der Waals surface area contributed by atoms with Crippen molar-refractivity contribution in [3.63, 3.8) is 0 Å². The normalized spacial score (nSPS) is 12.2. The van der Waals surface area contributed by atoms with Crippen LogP contribution < -0.4 is 14.8 Å². The maximum atomic E-state index is 13.2. The van der Waals surface area contributed by atoms with E-state index in [9.17, 15) is 13.2 Å². The summed E-state index contributed by atoms with van der Waals surface area (Å²) in [5.41, 5.74) is 2.73. The molecule has 0 unspecified atom stereocenters. The van der Waals surface area contributed by atoms with Gasteiger partial charge in [-0.25, -0.2) is 8.42 Å². The Morgan fingerprint density at radius 2 is 1.56 bits per heavy atom. The van der Waals surface area contributed by atoms with Crippen molar-refractivity contribution in [1.29, 1.82) is 0 Å². The van der Waals surface area contributed by atoms with E-state index in [0.717, 1.165) is 16.7 Å². The molecule has 0 radical (unpaired) electrons. The molecule has 0 saturated heterocycles. The van der Waals surface area contributed by atoms with Crippen LogP contribution in [-0.4, -0.2) is 34.0 Å². The third kappa shape index (κ3) is 6.42. The Hall–Kier alpha value is -3.16. The average molecular weight is 453 g/mol. The van der Waals surface area contributed by atoms with Gasteiger partial charge in [-0.05, 0) is 48.6 Å². The summed E-state index contributed by atoms with van der Waals surface area (Å²) in [6, 6.07) is 23.1. The Morgan fingerprint density at radius 3 is 2.19 bits per heavy atom. The van der Waals surface area contributed by atoms with Crippen LogP contribution in [-0.2, 0) is 27.7 Å². The van der Waals surface area contributed by atoms with Crippen LogP contribution in [0.25, 0.3) is 0 Å². The summed E-state index contributed by atoms with van der Waals surface area (Å²) in [5, 5.41) is 2.87. The van der Waals surface area contributed by atoms with Gasteiger partial charge in [0.1, 0.15) is 16.7 Å². The molecular formula is C25H28N2O4S. The minimum atomic E-state index is -4.00. The molecule has 0 bridgehead atoms. The molecule has 0 aliphatic carbocycles. The first-order chi connectivity index (χ1) is 15.4. The maximum absolute atomic E-state index is 13.2. The number of hydrogen-bond acceptors (Lipinski definition) is 4.